The zero-order valence-corrected chi connectivity index (χ0v) is 13.9. The highest BCUT2D eigenvalue weighted by molar-refractivity contribution is 5.81. The van der Waals surface area contributed by atoms with E-state index in [9.17, 15) is 9.59 Å². The highest BCUT2D eigenvalue weighted by Crippen LogP contribution is 2.17. The van der Waals surface area contributed by atoms with Crippen molar-refractivity contribution >= 4 is 11.9 Å². The van der Waals surface area contributed by atoms with Crippen molar-refractivity contribution < 1.29 is 9.59 Å². The lowest BCUT2D eigenvalue weighted by Crippen LogP contribution is -2.51. The Balaban J connectivity index is 1.78. The lowest BCUT2D eigenvalue weighted by atomic mass is 9.96. The van der Waals surface area contributed by atoms with Crippen LogP contribution in [0.1, 0.15) is 39.5 Å². The summed E-state index contributed by atoms with van der Waals surface area (Å²) in [7, 11) is 0. The van der Waals surface area contributed by atoms with Crippen LogP contribution in [0.15, 0.2) is 0 Å². The number of rotatable bonds is 4. The predicted molar refractivity (Wildman–Crippen MR) is 86.6 cm³/mol. The summed E-state index contributed by atoms with van der Waals surface area (Å²) in [5, 5.41) is 9.40. The summed E-state index contributed by atoms with van der Waals surface area (Å²) in [4.78, 5) is 26.3. The average Bonchev–Trinajstić information content (AvgIpc) is 2.53. The molecular formula is C16H30N4O2. The van der Waals surface area contributed by atoms with Crippen molar-refractivity contribution in [1.29, 1.82) is 0 Å². The monoisotopic (exact) mass is 310 g/mol. The Bertz CT molecular complexity index is 380. The molecule has 0 aromatic carbocycles. The summed E-state index contributed by atoms with van der Waals surface area (Å²) in [5.74, 6) is 0.495. The molecule has 2 fully saturated rings. The van der Waals surface area contributed by atoms with Crippen molar-refractivity contribution in [2.45, 2.75) is 45.6 Å². The van der Waals surface area contributed by atoms with Gasteiger partial charge in [-0.3, -0.25) is 4.79 Å². The highest BCUT2D eigenvalue weighted by atomic mass is 16.2. The number of carbonyl (C=O) groups is 2. The van der Waals surface area contributed by atoms with Crippen LogP contribution in [0.3, 0.4) is 0 Å². The van der Waals surface area contributed by atoms with Gasteiger partial charge in [-0.1, -0.05) is 13.8 Å². The van der Waals surface area contributed by atoms with E-state index in [-0.39, 0.29) is 17.9 Å². The number of carbonyl (C=O) groups excluding carboxylic acids is 2. The maximum absolute atomic E-state index is 12.4. The van der Waals surface area contributed by atoms with Crippen molar-refractivity contribution in [2.24, 2.45) is 11.8 Å². The van der Waals surface area contributed by atoms with Crippen LogP contribution in [0.2, 0.25) is 0 Å². The molecule has 0 aromatic rings. The van der Waals surface area contributed by atoms with E-state index in [0.29, 0.717) is 25.0 Å². The molecule has 126 valence electrons. The van der Waals surface area contributed by atoms with Gasteiger partial charge in [0.2, 0.25) is 5.91 Å². The van der Waals surface area contributed by atoms with Crippen molar-refractivity contribution in [3.63, 3.8) is 0 Å². The minimum atomic E-state index is -0.0616. The van der Waals surface area contributed by atoms with Gasteiger partial charge in [-0.25, -0.2) is 4.79 Å². The fraction of sp³-hybridized carbons (Fsp3) is 0.875. The van der Waals surface area contributed by atoms with Crippen LogP contribution in [0.4, 0.5) is 4.79 Å². The molecule has 0 radical (unpaired) electrons. The Kier molecular flexibility index (Phi) is 6.49. The summed E-state index contributed by atoms with van der Waals surface area (Å²) in [6, 6.07) is 0.256. The summed E-state index contributed by atoms with van der Waals surface area (Å²) in [6.07, 6.45) is 3.78. The van der Waals surface area contributed by atoms with Crippen molar-refractivity contribution in [2.75, 3.05) is 32.7 Å². The molecule has 0 aliphatic carbocycles. The Hall–Kier alpha value is -1.30. The number of nitrogens with zero attached hydrogens (tertiary/aromatic N) is 1. The number of hydrogen-bond acceptors (Lipinski definition) is 3. The number of amides is 3. The Morgan fingerprint density at radius 3 is 2.64 bits per heavy atom. The summed E-state index contributed by atoms with van der Waals surface area (Å²) in [5.41, 5.74) is 0. The molecule has 1 atom stereocenters. The number of hydrogen-bond donors (Lipinski definition) is 3. The molecule has 3 amide bonds. The molecule has 6 nitrogen and oxygen atoms in total. The zero-order valence-electron chi connectivity index (χ0n) is 13.9. The number of nitrogens with one attached hydrogen (secondary N) is 3. The molecular weight excluding hydrogens is 280 g/mol. The van der Waals surface area contributed by atoms with Crippen molar-refractivity contribution in [1.82, 2.24) is 20.9 Å². The van der Waals surface area contributed by atoms with E-state index in [1.54, 1.807) is 4.90 Å². The van der Waals surface area contributed by atoms with Gasteiger partial charge in [0.1, 0.15) is 0 Å². The standard InChI is InChI=1S/C16H30N4O2/c1-12(2)10-18-16(22)20-9-3-4-13(11-20)15(21)19-14-5-7-17-8-6-14/h12-14,17H,3-11H2,1-2H3,(H,18,22)(H,19,21). The second kappa shape index (κ2) is 8.36. The Morgan fingerprint density at radius 2 is 1.95 bits per heavy atom. The first-order valence-corrected chi connectivity index (χ1v) is 8.60. The van der Waals surface area contributed by atoms with E-state index in [1.807, 2.05) is 0 Å². The van der Waals surface area contributed by atoms with E-state index in [4.69, 9.17) is 0 Å². The number of likely N-dealkylation sites (tertiary alicyclic amines) is 1. The fourth-order valence-corrected chi connectivity index (χ4v) is 3.06. The topological polar surface area (TPSA) is 73.5 Å². The van der Waals surface area contributed by atoms with Crippen molar-refractivity contribution in [3.8, 4) is 0 Å². The van der Waals surface area contributed by atoms with Crippen LogP contribution in [0.25, 0.3) is 0 Å². The molecule has 1 unspecified atom stereocenters. The zero-order chi connectivity index (χ0) is 15.9. The third-order valence-electron chi connectivity index (χ3n) is 4.43. The highest BCUT2D eigenvalue weighted by Gasteiger charge is 2.29. The molecule has 2 rings (SSSR count). The lowest BCUT2D eigenvalue weighted by molar-refractivity contribution is -0.127. The van der Waals surface area contributed by atoms with Gasteiger partial charge in [-0.05, 0) is 44.7 Å². The van der Waals surface area contributed by atoms with Gasteiger partial charge in [0, 0.05) is 25.7 Å². The Morgan fingerprint density at radius 1 is 1.23 bits per heavy atom. The molecule has 6 heteroatoms. The van der Waals surface area contributed by atoms with Crippen LogP contribution < -0.4 is 16.0 Å². The van der Waals surface area contributed by atoms with E-state index in [2.05, 4.69) is 29.8 Å². The lowest BCUT2D eigenvalue weighted by Gasteiger charge is -2.33. The van der Waals surface area contributed by atoms with Crippen LogP contribution >= 0.6 is 0 Å². The third-order valence-corrected chi connectivity index (χ3v) is 4.43. The largest absolute Gasteiger partial charge is 0.353 e. The second-order valence-corrected chi connectivity index (χ2v) is 6.90. The summed E-state index contributed by atoms with van der Waals surface area (Å²) < 4.78 is 0. The van der Waals surface area contributed by atoms with Crippen molar-refractivity contribution in [3.05, 3.63) is 0 Å². The van der Waals surface area contributed by atoms with Gasteiger partial charge in [0.25, 0.3) is 0 Å². The fourth-order valence-electron chi connectivity index (χ4n) is 3.06. The van der Waals surface area contributed by atoms with Crippen LogP contribution in [0, 0.1) is 11.8 Å². The molecule has 0 spiro atoms. The summed E-state index contributed by atoms with van der Waals surface area (Å²) >= 11 is 0. The molecule has 2 heterocycles. The maximum atomic E-state index is 12.4. The third kappa shape index (κ3) is 5.16. The van der Waals surface area contributed by atoms with Gasteiger partial charge in [-0.15, -0.1) is 0 Å². The molecule has 0 aromatic heterocycles. The van der Waals surface area contributed by atoms with E-state index in [0.717, 1.165) is 45.3 Å². The number of urea groups is 1. The Labute approximate surface area is 133 Å². The van der Waals surface area contributed by atoms with Crippen LogP contribution in [0.5, 0.6) is 0 Å². The molecule has 2 aliphatic heterocycles. The van der Waals surface area contributed by atoms with Gasteiger partial charge >= 0.3 is 6.03 Å². The second-order valence-electron chi connectivity index (χ2n) is 6.90. The predicted octanol–water partition coefficient (Wildman–Crippen LogP) is 0.932. The van der Waals surface area contributed by atoms with E-state index >= 15 is 0 Å². The molecule has 0 saturated carbocycles. The smallest absolute Gasteiger partial charge is 0.317 e. The quantitative estimate of drug-likeness (QED) is 0.723. The average molecular weight is 310 g/mol. The summed E-state index contributed by atoms with van der Waals surface area (Å²) in [6.45, 7) is 8.07. The molecule has 0 bridgehead atoms. The molecule has 22 heavy (non-hydrogen) atoms. The van der Waals surface area contributed by atoms with Gasteiger partial charge in [0.05, 0.1) is 5.92 Å². The first-order valence-electron chi connectivity index (χ1n) is 8.60. The van der Waals surface area contributed by atoms with E-state index in [1.165, 1.54) is 0 Å². The molecule has 2 saturated heterocycles. The van der Waals surface area contributed by atoms with Gasteiger partial charge in [0.15, 0.2) is 0 Å². The maximum Gasteiger partial charge on any atom is 0.317 e. The van der Waals surface area contributed by atoms with E-state index < -0.39 is 0 Å². The number of piperidine rings is 2. The molecule has 3 N–H and O–H groups in total. The minimum absolute atomic E-state index is 0.0342. The minimum Gasteiger partial charge on any atom is -0.353 e. The van der Waals surface area contributed by atoms with Gasteiger partial charge < -0.3 is 20.9 Å². The molecule has 2 aliphatic rings. The van der Waals surface area contributed by atoms with Crippen LogP contribution in [-0.4, -0.2) is 55.6 Å². The first kappa shape index (κ1) is 17.1. The van der Waals surface area contributed by atoms with Gasteiger partial charge in [-0.2, -0.15) is 0 Å². The normalized spacial score (nSPS) is 23.4. The SMILES string of the molecule is CC(C)CNC(=O)N1CCCC(C(=O)NC2CCNCC2)C1. The first-order chi connectivity index (χ1) is 10.6. The van der Waals surface area contributed by atoms with Crippen LogP contribution in [-0.2, 0) is 4.79 Å².